The third-order valence-electron chi connectivity index (χ3n) is 4.41. The zero-order valence-electron chi connectivity index (χ0n) is 14.7. The van der Waals surface area contributed by atoms with E-state index >= 15 is 0 Å². The minimum Gasteiger partial charge on any atom is -0.365 e. The highest BCUT2D eigenvalue weighted by Crippen LogP contribution is 2.37. The van der Waals surface area contributed by atoms with E-state index in [1.54, 1.807) is 6.07 Å². The van der Waals surface area contributed by atoms with Crippen molar-refractivity contribution in [3.63, 3.8) is 0 Å². The highest BCUT2D eigenvalue weighted by molar-refractivity contribution is 7.98. The average molecular weight is 412 g/mol. The molecule has 0 spiro atoms. The van der Waals surface area contributed by atoms with Gasteiger partial charge in [0.05, 0.1) is 11.1 Å². The molecule has 2 heterocycles. The molecule has 2 aromatic rings. The predicted octanol–water partition coefficient (Wildman–Crippen LogP) is 3.62. The highest BCUT2D eigenvalue weighted by Gasteiger charge is 2.27. The second-order valence-electron chi connectivity index (χ2n) is 5.85. The Morgan fingerprint density at radius 1 is 1.35 bits per heavy atom. The quantitative estimate of drug-likeness (QED) is 0.737. The lowest BCUT2D eigenvalue weighted by atomic mass is 10.0. The van der Waals surface area contributed by atoms with E-state index in [-0.39, 0.29) is 18.3 Å². The standard InChI is InChI=1S/C18H21N3O2S2.ClH/c1-3-21-9-8-11-14(10-21)25-18(15(11)16(19)22)20-17(23)12-6-4-5-7-13(12)24-2;/h4-7H,3,8-10H2,1-2H3,(H2,19,22)(H,20,23);1H. The molecule has 3 rings (SSSR count). The lowest BCUT2D eigenvalue weighted by Gasteiger charge is -2.25. The molecule has 0 unspecified atom stereocenters. The number of fused-ring (bicyclic) bond motifs is 1. The lowest BCUT2D eigenvalue weighted by Crippen LogP contribution is -2.30. The predicted molar refractivity (Wildman–Crippen MR) is 111 cm³/mol. The number of carbonyl (C=O) groups excluding carboxylic acids is 2. The van der Waals surface area contributed by atoms with E-state index in [1.807, 2.05) is 24.5 Å². The number of anilines is 1. The number of amides is 2. The van der Waals surface area contributed by atoms with Gasteiger partial charge in [0.15, 0.2) is 0 Å². The molecule has 5 nitrogen and oxygen atoms in total. The molecule has 1 aliphatic rings. The van der Waals surface area contributed by atoms with Gasteiger partial charge in [-0.3, -0.25) is 14.5 Å². The van der Waals surface area contributed by atoms with Crippen LogP contribution in [0.15, 0.2) is 29.2 Å². The number of hydrogen-bond donors (Lipinski definition) is 2. The molecule has 0 saturated heterocycles. The van der Waals surface area contributed by atoms with Crippen LogP contribution in [-0.4, -0.2) is 36.1 Å². The van der Waals surface area contributed by atoms with E-state index in [4.69, 9.17) is 5.73 Å². The smallest absolute Gasteiger partial charge is 0.257 e. The summed E-state index contributed by atoms with van der Waals surface area (Å²) in [6, 6.07) is 7.44. The van der Waals surface area contributed by atoms with Crippen LogP contribution in [0, 0.1) is 0 Å². The van der Waals surface area contributed by atoms with Crippen LogP contribution in [0.4, 0.5) is 5.00 Å². The summed E-state index contributed by atoms with van der Waals surface area (Å²) in [6.07, 6.45) is 2.72. The van der Waals surface area contributed by atoms with Crippen LogP contribution in [0.5, 0.6) is 0 Å². The molecule has 0 bridgehead atoms. The number of benzene rings is 1. The van der Waals surface area contributed by atoms with Crippen LogP contribution in [-0.2, 0) is 13.0 Å². The zero-order valence-corrected chi connectivity index (χ0v) is 17.2. The maximum Gasteiger partial charge on any atom is 0.257 e. The molecule has 0 saturated carbocycles. The topological polar surface area (TPSA) is 75.4 Å². The van der Waals surface area contributed by atoms with Crippen LogP contribution in [0.2, 0.25) is 0 Å². The summed E-state index contributed by atoms with van der Waals surface area (Å²) in [4.78, 5) is 29.1. The average Bonchev–Trinajstić information content (AvgIpc) is 2.98. The molecule has 0 atom stereocenters. The van der Waals surface area contributed by atoms with E-state index in [1.165, 1.54) is 23.1 Å². The molecular weight excluding hydrogens is 390 g/mol. The number of primary amides is 1. The number of nitrogens with zero attached hydrogens (tertiary/aromatic N) is 1. The SMILES string of the molecule is CCN1CCc2c(sc(NC(=O)c3ccccc3SC)c2C(N)=O)C1.Cl. The molecule has 2 amide bonds. The number of hydrogen-bond acceptors (Lipinski definition) is 5. The summed E-state index contributed by atoms with van der Waals surface area (Å²) in [6.45, 7) is 4.79. The Bertz CT molecular complexity index is 823. The van der Waals surface area contributed by atoms with Crippen molar-refractivity contribution in [1.29, 1.82) is 0 Å². The second-order valence-corrected chi connectivity index (χ2v) is 7.80. The summed E-state index contributed by atoms with van der Waals surface area (Å²) in [7, 11) is 0. The van der Waals surface area contributed by atoms with E-state index in [0.29, 0.717) is 16.1 Å². The molecule has 8 heteroatoms. The van der Waals surface area contributed by atoms with E-state index in [2.05, 4.69) is 17.1 Å². The van der Waals surface area contributed by atoms with Crippen molar-refractivity contribution < 1.29 is 9.59 Å². The number of halogens is 1. The third-order valence-corrected chi connectivity index (χ3v) is 6.34. The van der Waals surface area contributed by atoms with Gasteiger partial charge in [-0.1, -0.05) is 19.1 Å². The maximum atomic E-state index is 12.7. The van der Waals surface area contributed by atoms with E-state index < -0.39 is 5.91 Å². The van der Waals surface area contributed by atoms with E-state index in [9.17, 15) is 9.59 Å². The summed E-state index contributed by atoms with van der Waals surface area (Å²) >= 11 is 2.98. The van der Waals surface area contributed by atoms with Crippen LogP contribution < -0.4 is 11.1 Å². The zero-order chi connectivity index (χ0) is 18.0. The largest absolute Gasteiger partial charge is 0.365 e. The van der Waals surface area contributed by atoms with E-state index in [0.717, 1.165) is 41.4 Å². The highest BCUT2D eigenvalue weighted by atomic mass is 35.5. The first-order valence-electron chi connectivity index (χ1n) is 8.16. The van der Waals surface area contributed by atoms with Crippen LogP contribution in [0.1, 0.15) is 38.1 Å². The van der Waals surface area contributed by atoms with Gasteiger partial charge in [0.2, 0.25) is 0 Å². The first-order chi connectivity index (χ1) is 12.0. The van der Waals surface area contributed by atoms with Crippen molar-refractivity contribution >= 4 is 52.3 Å². The lowest BCUT2D eigenvalue weighted by molar-refractivity contribution is 0.1000. The van der Waals surface area contributed by atoms with Crippen molar-refractivity contribution in [1.82, 2.24) is 4.90 Å². The molecule has 0 aliphatic carbocycles. The third kappa shape index (κ3) is 4.06. The Labute approximate surface area is 167 Å². The molecule has 26 heavy (non-hydrogen) atoms. The fourth-order valence-electron chi connectivity index (χ4n) is 3.08. The van der Waals surface area contributed by atoms with Crippen molar-refractivity contribution in [3.8, 4) is 0 Å². The van der Waals surface area contributed by atoms with Gasteiger partial charge in [-0.25, -0.2) is 0 Å². The van der Waals surface area contributed by atoms with Crippen LogP contribution in [0.25, 0.3) is 0 Å². The number of nitrogens with two attached hydrogens (primary N) is 1. The van der Waals surface area contributed by atoms with Crippen molar-refractivity contribution in [2.75, 3.05) is 24.7 Å². The Morgan fingerprint density at radius 2 is 2.08 bits per heavy atom. The molecule has 0 fully saturated rings. The molecule has 1 aliphatic heterocycles. The number of thioether (sulfide) groups is 1. The Kier molecular flexibility index (Phi) is 7.11. The fraction of sp³-hybridized carbons (Fsp3) is 0.333. The molecule has 1 aromatic heterocycles. The Hall–Kier alpha value is -1.54. The number of thiophene rings is 1. The fourth-order valence-corrected chi connectivity index (χ4v) is 4.96. The summed E-state index contributed by atoms with van der Waals surface area (Å²) in [5.41, 5.74) is 7.70. The van der Waals surface area contributed by atoms with Gasteiger partial charge in [-0.05, 0) is 36.9 Å². The number of likely N-dealkylation sites (N-methyl/N-ethyl adjacent to an activating group) is 1. The number of rotatable bonds is 5. The molecule has 3 N–H and O–H groups in total. The Balaban J connectivity index is 0.00000243. The van der Waals surface area contributed by atoms with Gasteiger partial charge in [0.1, 0.15) is 5.00 Å². The second kappa shape index (κ2) is 8.90. The summed E-state index contributed by atoms with van der Waals surface area (Å²) < 4.78 is 0. The van der Waals surface area contributed by atoms with Crippen LogP contribution in [0.3, 0.4) is 0 Å². The van der Waals surface area contributed by atoms with Gasteiger partial charge >= 0.3 is 0 Å². The van der Waals surface area contributed by atoms with Crippen LogP contribution >= 0.6 is 35.5 Å². The first-order valence-corrected chi connectivity index (χ1v) is 10.2. The molecule has 1 aromatic carbocycles. The summed E-state index contributed by atoms with van der Waals surface area (Å²) in [5.74, 6) is -0.686. The maximum absolute atomic E-state index is 12.7. The van der Waals surface area contributed by atoms with Gasteiger partial charge in [-0.2, -0.15) is 0 Å². The van der Waals surface area contributed by atoms with Gasteiger partial charge < -0.3 is 11.1 Å². The molecular formula is C18H22ClN3O2S2. The first kappa shape index (κ1) is 20.8. The summed E-state index contributed by atoms with van der Waals surface area (Å²) in [5, 5.41) is 3.49. The van der Waals surface area contributed by atoms with Gasteiger partial charge in [-0.15, -0.1) is 35.5 Å². The molecule has 0 radical (unpaired) electrons. The van der Waals surface area contributed by atoms with Gasteiger partial charge in [0.25, 0.3) is 11.8 Å². The van der Waals surface area contributed by atoms with Crippen molar-refractivity contribution in [3.05, 3.63) is 45.8 Å². The Morgan fingerprint density at radius 3 is 2.73 bits per heavy atom. The normalized spacial score (nSPS) is 13.6. The molecule has 140 valence electrons. The van der Waals surface area contributed by atoms with Crippen molar-refractivity contribution in [2.24, 2.45) is 5.73 Å². The monoisotopic (exact) mass is 411 g/mol. The number of carbonyl (C=O) groups is 2. The minimum atomic E-state index is -0.476. The van der Waals surface area contributed by atoms with Gasteiger partial charge in [0, 0.05) is 22.9 Å². The van der Waals surface area contributed by atoms with Crippen molar-refractivity contribution in [2.45, 2.75) is 24.8 Å². The number of nitrogens with one attached hydrogen (secondary N) is 1. The minimum absolute atomic E-state index is 0.